The van der Waals surface area contributed by atoms with Gasteiger partial charge in [-0.05, 0) is 30.0 Å². The number of para-hydroxylation sites is 1. The highest BCUT2D eigenvalue weighted by molar-refractivity contribution is 7.99. The number of benzene rings is 1. The van der Waals surface area contributed by atoms with Crippen LogP contribution < -0.4 is 4.90 Å². The van der Waals surface area contributed by atoms with Crippen LogP contribution in [0.1, 0.15) is 4.88 Å². The Bertz CT molecular complexity index is 830. The average molecular weight is 385 g/mol. The lowest BCUT2D eigenvalue weighted by Crippen LogP contribution is -2.32. The van der Waals surface area contributed by atoms with Crippen LogP contribution in [-0.4, -0.2) is 33.0 Å². The maximum Gasteiger partial charge on any atom is 0.237 e. The van der Waals surface area contributed by atoms with Crippen molar-refractivity contribution < 1.29 is 4.79 Å². The summed E-state index contributed by atoms with van der Waals surface area (Å²) in [6, 6.07) is 13.8. The minimum atomic E-state index is 0.0221. The van der Waals surface area contributed by atoms with Gasteiger partial charge in [-0.25, -0.2) is 0 Å². The molecule has 0 aliphatic rings. The quantitative estimate of drug-likeness (QED) is 0.415. The molecule has 0 radical (unpaired) electrons. The largest absolute Gasteiger partial charge is 0.308 e. The molecule has 0 bridgehead atoms. The monoisotopic (exact) mass is 384 g/mol. The lowest BCUT2D eigenvalue weighted by molar-refractivity contribution is -0.116. The Labute approximate surface area is 161 Å². The summed E-state index contributed by atoms with van der Waals surface area (Å²) in [5, 5.41) is 11.0. The predicted molar refractivity (Wildman–Crippen MR) is 108 cm³/mol. The number of aromatic nitrogens is 3. The highest BCUT2D eigenvalue weighted by Crippen LogP contribution is 2.20. The van der Waals surface area contributed by atoms with Crippen LogP contribution in [0, 0.1) is 0 Å². The van der Waals surface area contributed by atoms with Crippen molar-refractivity contribution in [1.29, 1.82) is 0 Å². The third-order valence-electron chi connectivity index (χ3n) is 3.76. The summed E-state index contributed by atoms with van der Waals surface area (Å²) in [5.74, 6) is 0.328. The molecule has 3 rings (SSSR count). The van der Waals surface area contributed by atoms with Gasteiger partial charge in [-0.2, -0.15) is 0 Å². The van der Waals surface area contributed by atoms with Crippen LogP contribution in [0.2, 0.25) is 0 Å². The average Bonchev–Trinajstić information content (AvgIpc) is 3.34. The fraction of sp³-hybridized carbons (Fsp3) is 0.211. The van der Waals surface area contributed by atoms with Crippen LogP contribution >= 0.6 is 23.1 Å². The summed E-state index contributed by atoms with van der Waals surface area (Å²) in [4.78, 5) is 15.7. The predicted octanol–water partition coefficient (Wildman–Crippen LogP) is 3.89. The summed E-state index contributed by atoms with van der Waals surface area (Å²) in [6.45, 7) is 5.04. The van der Waals surface area contributed by atoms with Crippen LogP contribution in [0.5, 0.6) is 0 Å². The topological polar surface area (TPSA) is 51.0 Å². The molecule has 0 saturated carbocycles. The summed E-state index contributed by atoms with van der Waals surface area (Å²) in [6.07, 6.45) is 4.39. The molecule has 0 unspecified atom stereocenters. The molecule has 5 nitrogen and oxygen atoms in total. The van der Waals surface area contributed by atoms with E-state index in [1.54, 1.807) is 28.6 Å². The molecule has 1 amide bonds. The molecule has 134 valence electrons. The van der Waals surface area contributed by atoms with Gasteiger partial charge >= 0.3 is 0 Å². The normalized spacial score (nSPS) is 10.6. The van der Waals surface area contributed by atoms with E-state index in [1.165, 1.54) is 16.6 Å². The minimum absolute atomic E-state index is 0.0221. The van der Waals surface area contributed by atoms with E-state index in [0.29, 0.717) is 12.3 Å². The van der Waals surface area contributed by atoms with Crippen LogP contribution in [0.15, 0.2) is 72.0 Å². The van der Waals surface area contributed by atoms with Gasteiger partial charge in [0, 0.05) is 23.7 Å². The lowest BCUT2D eigenvalue weighted by atomic mass is 10.3. The Balaban J connectivity index is 1.60. The molecular formula is C19H20N4OS2. The van der Waals surface area contributed by atoms with Gasteiger partial charge in [0.25, 0.3) is 0 Å². The van der Waals surface area contributed by atoms with Crippen LogP contribution in [-0.2, 0) is 17.8 Å². The van der Waals surface area contributed by atoms with Crippen molar-refractivity contribution in [1.82, 2.24) is 14.8 Å². The maximum atomic E-state index is 12.7. The number of carbonyl (C=O) groups is 1. The van der Waals surface area contributed by atoms with Gasteiger partial charge in [0.05, 0.1) is 5.75 Å². The molecule has 0 spiro atoms. The molecule has 0 fully saturated rings. The van der Waals surface area contributed by atoms with Crippen molar-refractivity contribution in [3.63, 3.8) is 0 Å². The van der Waals surface area contributed by atoms with E-state index in [4.69, 9.17) is 0 Å². The number of rotatable bonds is 9. The first-order chi connectivity index (χ1) is 12.8. The molecule has 2 aromatic heterocycles. The van der Waals surface area contributed by atoms with Gasteiger partial charge in [-0.15, -0.1) is 28.1 Å². The molecule has 7 heteroatoms. The van der Waals surface area contributed by atoms with E-state index in [2.05, 4.69) is 34.3 Å². The molecule has 0 N–H and O–H groups in total. The van der Waals surface area contributed by atoms with Crippen molar-refractivity contribution in [2.75, 3.05) is 17.2 Å². The highest BCUT2D eigenvalue weighted by Gasteiger charge is 2.16. The molecule has 3 aromatic rings. The van der Waals surface area contributed by atoms with Crippen molar-refractivity contribution in [3.05, 3.63) is 71.7 Å². The van der Waals surface area contributed by atoms with Gasteiger partial charge in [-0.1, -0.05) is 42.1 Å². The molecule has 0 atom stereocenters. The van der Waals surface area contributed by atoms with Gasteiger partial charge in [0.2, 0.25) is 5.91 Å². The standard InChI is InChI=1S/C19H20N4OS2/c1-2-11-23(16-7-4-3-5-8-16)18(24)14-26-19-21-20-15-22(19)12-10-17-9-6-13-25-17/h2-9,13,15H,1,10-12,14H2. The van der Waals surface area contributed by atoms with Crippen molar-refractivity contribution in [3.8, 4) is 0 Å². The molecule has 0 saturated heterocycles. The van der Waals surface area contributed by atoms with E-state index < -0.39 is 0 Å². The molecular weight excluding hydrogens is 364 g/mol. The van der Waals surface area contributed by atoms with Crippen LogP contribution in [0.3, 0.4) is 0 Å². The number of thioether (sulfide) groups is 1. The number of anilines is 1. The Morgan fingerprint density at radius 2 is 2.12 bits per heavy atom. The third kappa shape index (κ3) is 4.83. The Kier molecular flexibility index (Phi) is 6.62. The first kappa shape index (κ1) is 18.4. The smallest absolute Gasteiger partial charge is 0.237 e. The van der Waals surface area contributed by atoms with Gasteiger partial charge in [-0.3, -0.25) is 4.79 Å². The second-order valence-corrected chi connectivity index (χ2v) is 7.53. The number of amides is 1. The van der Waals surface area contributed by atoms with Crippen LogP contribution in [0.25, 0.3) is 0 Å². The fourth-order valence-corrected chi connectivity index (χ4v) is 4.00. The lowest BCUT2D eigenvalue weighted by Gasteiger charge is -2.21. The molecule has 2 heterocycles. The Morgan fingerprint density at radius 1 is 1.27 bits per heavy atom. The summed E-state index contributed by atoms with van der Waals surface area (Å²) in [7, 11) is 0. The van der Waals surface area contributed by atoms with Gasteiger partial charge < -0.3 is 9.47 Å². The number of carbonyl (C=O) groups excluding carboxylic acids is 1. The van der Waals surface area contributed by atoms with Gasteiger partial charge in [0.15, 0.2) is 5.16 Å². The second kappa shape index (κ2) is 9.35. The first-order valence-corrected chi connectivity index (χ1v) is 10.1. The zero-order chi connectivity index (χ0) is 18.2. The van der Waals surface area contributed by atoms with Crippen molar-refractivity contribution in [2.45, 2.75) is 18.1 Å². The summed E-state index contributed by atoms with van der Waals surface area (Å²) in [5.41, 5.74) is 0.872. The zero-order valence-electron chi connectivity index (χ0n) is 14.3. The van der Waals surface area contributed by atoms with Gasteiger partial charge in [0.1, 0.15) is 6.33 Å². The number of hydrogen-bond acceptors (Lipinski definition) is 5. The molecule has 0 aliphatic carbocycles. The molecule has 0 aliphatic heterocycles. The SMILES string of the molecule is C=CCN(C(=O)CSc1nncn1CCc1cccs1)c1ccccc1. The van der Waals surface area contributed by atoms with E-state index in [-0.39, 0.29) is 5.91 Å². The van der Waals surface area contributed by atoms with Crippen LogP contribution in [0.4, 0.5) is 5.69 Å². The zero-order valence-corrected chi connectivity index (χ0v) is 16.0. The summed E-state index contributed by atoms with van der Waals surface area (Å²) >= 11 is 3.16. The number of aryl methyl sites for hydroxylation is 2. The number of thiophene rings is 1. The van der Waals surface area contributed by atoms with Crippen molar-refractivity contribution >= 4 is 34.7 Å². The van der Waals surface area contributed by atoms with E-state index in [1.807, 2.05) is 34.9 Å². The second-order valence-electron chi connectivity index (χ2n) is 5.55. The number of hydrogen-bond donors (Lipinski definition) is 0. The molecule has 26 heavy (non-hydrogen) atoms. The maximum absolute atomic E-state index is 12.7. The van der Waals surface area contributed by atoms with E-state index in [9.17, 15) is 4.79 Å². The Hall–Kier alpha value is -2.38. The molecule has 1 aromatic carbocycles. The minimum Gasteiger partial charge on any atom is -0.308 e. The number of nitrogens with zero attached hydrogens (tertiary/aromatic N) is 4. The Morgan fingerprint density at radius 3 is 2.85 bits per heavy atom. The van der Waals surface area contributed by atoms with E-state index in [0.717, 1.165) is 23.8 Å². The highest BCUT2D eigenvalue weighted by atomic mass is 32.2. The third-order valence-corrected chi connectivity index (χ3v) is 5.67. The first-order valence-electron chi connectivity index (χ1n) is 8.27. The summed E-state index contributed by atoms with van der Waals surface area (Å²) < 4.78 is 2.00. The van der Waals surface area contributed by atoms with E-state index >= 15 is 0 Å². The van der Waals surface area contributed by atoms with Crippen molar-refractivity contribution in [2.24, 2.45) is 0 Å². The fourth-order valence-electron chi connectivity index (χ4n) is 2.49.